The number of hydrogen-bond donors (Lipinski definition) is 6. The molecule has 3 saturated heterocycles. The minimum atomic E-state index is -3.88. The smallest absolute Gasteiger partial charge is 0.451 e. The highest BCUT2D eigenvalue weighted by molar-refractivity contribution is 7.86. The quantitative estimate of drug-likeness (QED) is 0.211. The second-order valence-corrected chi connectivity index (χ2v) is 10.2. The molecule has 13 heteroatoms. The van der Waals surface area contributed by atoms with Crippen molar-refractivity contribution in [1.82, 2.24) is 19.2 Å². The van der Waals surface area contributed by atoms with Gasteiger partial charge in [0.2, 0.25) is 0 Å². The Kier molecular flexibility index (Phi) is 7.21. The zero-order valence-electron chi connectivity index (χ0n) is 16.5. The summed E-state index contributed by atoms with van der Waals surface area (Å²) in [7, 11) is -5.36. The Balaban J connectivity index is 1.79. The van der Waals surface area contributed by atoms with E-state index < -0.39 is 34.8 Å². The second kappa shape index (κ2) is 9.14. The van der Waals surface area contributed by atoms with Crippen LogP contribution in [0.3, 0.4) is 0 Å². The van der Waals surface area contributed by atoms with Gasteiger partial charge in [0.15, 0.2) is 0 Å². The Labute approximate surface area is 171 Å². The molecule has 0 aromatic heterocycles. The highest BCUT2D eigenvalue weighted by Gasteiger charge is 2.54. The Bertz CT molecular complexity index is 687. The van der Waals surface area contributed by atoms with Crippen LogP contribution in [0.25, 0.3) is 0 Å². The Hall–Kier alpha value is -0.795. The van der Waals surface area contributed by atoms with E-state index in [9.17, 15) is 18.3 Å². The number of carboxylic acids is 1. The van der Waals surface area contributed by atoms with Crippen molar-refractivity contribution in [2.24, 2.45) is 11.7 Å². The second-order valence-electron chi connectivity index (χ2n) is 8.38. The zero-order valence-corrected chi connectivity index (χ0v) is 17.4. The van der Waals surface area contributed by atoms with E-state index >= 15 is 0 Å². The van der Waals surface area contributed by atoms with Crippen molar-refractivity contribution in [3.8, 4) is 0 Å². The van der Waals surface area contributed by atoms with E-state index in [0.717, 1.165) is 13.1 Å². The van der Waals surface area contributed by atoms with Crippen LogP contribution < -0.4 is 16.4 Å². The number of piperidine rings is 1. The standard InChI is InChI=1S/C16H32BN5O6S/c18-16(15(23)24)11-21(10-12(16)2-1-5-17(25)26)29(27,28)22(14-8-20-9-14)13-3-6-19-7-4-13/h12-14,19-20,25-26H,1-11,18H2,(H,23,24)/t12-,16-/m0/s1. The van der Waals surface area contributed by atoms with Crippen LogP contribution in [0.1, 0.15) is 25.7 Å². The average Bonchev–Trinajstić information content (AvgIpc) is 2.97. The van der Waals surface area contributed by atoms with Gasteiger partial charge < -0.3 is 31.5 Å². The number of carboxylic acid groups (broad SMARTS) is 1. The van der Waals surface area contributed by atoms with Crippen molar-refractivity contribution >= 4 is 23.3 Å². The van der Waals surface area contributed by atoms with E-state index in [4.69, 9.17) is 15.8 Å². The molecule has 3 aliphatic rings. The Morgan fingerprint density at radius 3 is 2.38 bits per heavy atom. The molecule has 11 nitrogen and oxygen atoms in total. The number of nitrogens with two attached hydrogens (primary N) is 1. The number of nitrogens with one attached hydrogen (secondary N) is 2. The maximum atomic E-state index is 13.6. The third kappa shape index (κ3) is 4.77. The summed E-state index contributed by atoms with van der Waals surface area (Å²) in [5.74, 6) is -1.83. The minimum Gasteiger partial charge on any atom is -0.480 e. The Morgan fingerprint density at radius 2 is 1.86 bits per heavy atom. The van der Waals surface area contributed by atoms with E-state index in [2.05, 4.69) is 10.6 Å². The fourth-order valence-corrected chi connectivity index (χ4v) is 6.66. The summed E-state index contributed by atoms with van der Waals surface area (Å²) in [6.07, 6.45) is 2.19. The lowest BCUT2D eigenvalue weighted by atomic mass is 9.78. The van der Waals surface area contributed by atoms with Crippen molar-refractivity contribution in [1.29, 1.82) is 0 Å². The van der Waals surface area contributed by atoms with Crippen molar-refractivity contribution in [2.75, 3.05) is 39.3 Å². The van der Waals surface area contributed by atoms with Gasteiger partial charge >= 0.3 is 13.1 Å². The van der Waals surface area contributed by atoms with E-state index in [1.165, 1.54) is 4.31 Å². The molecule has 0 amide bonds. The van der Waals surface area contributed by atoms with Gasteiger partial charge in [-0.3, -0.25) is 4.79 Å². The lowest BCUT2D eigenvalue weighted by Gasteiger charge is -2.44. The number of carbonyl (C=O) groups is 1. The van der Waals surface area contributed by atoms with Gasteiger partial charge in [-0.25, -0.2) is 0 Å². The molecular weight excluding hydrogens is 401 g/mol. The molecule has 166 valence electrons. The van der Waals surface area contributed by atoms with Crippen molar-refractivity contribution in [3.63, 3.8) is 0 Å². The lowest BCUT2D eigenvalue weighted by Crippen LogP contribution is -2.65. The van der Waals surface area contributed by atoms with Gasteiger partial charge in [-0.15, -0.1) is 0 Å². The number of hydrogen-bond acceptors (Lipinski definition) is 8. The summed E-state index contributed by atoms with van der Waals surface area (Å²) in [6, 6.07) is -0.252. The van der Waals surface area contributed by atoms with Gasteiger partial charge in [-0.05, 0) is 38.7 Å². The molecule has 0 saturated carbocycles. The lowest BCUT2D eigenvalue weighted by molar-refractivity contribution is -0.144. The third-order valence-corrected chi connectivity index (χ3v) is 8.44. The van der Waals surface area contributed by atoms with Gasteiger partial charge in [0, 0.05) is 38.1 Å². The van der Waals surface area contributed by atoms with Crippen LogP contribution in [0.2, 0.25) is 6.32 Å². The summed E-state index contributed by atoms with van der Waals surface area (Å²) >= 11 is 0. The first-order chi connectivity index (χ1) is 13.7. The van der Waals surface area contributed by atoms with Crippen molar-refractivity contribution in [3.05, 3.63) is 0 Å². The van der Waals surface area contributed by atoms with Gasteiger partial charge in [0.25, 0.3) is 10.2 Å². The highest BCUT2D eigenvalue weighted by atomic mass is 32.2. The topological polar surface area (TPSA) is 168 Å². The molecule has 0 radical (unpaired) electrons. The SMILES string of the molecule is N[C@@]1(C(=O)O)CN(S(=O)(=O)N(C2CCNCC2)C2CNC2)C[C@@H]1CCCB(O)O. The van der Waals surface area contributed by atoms with Crippen LogP contribution in [0.5, 0.6) is 0 Å². The summed E-state index contributed by atoms with van der Waals surface area (Å²) in [5.41, 5.74) is 4.49. The molecule has 0 unspecified atom stereocenters. The highest BCUT2D eigenvalue weighted by Crippen LogP contribution is 2.35. The van der Waals surface area contributed by atoms with Crippen LogP contribution in [-0.2, 0) is 15.0 Å². The third-order valence-electron chi connectivity index (χ3n) is 6.38. The van der Waals surface area contributed by atoms with Crippen molar-refractivity contribution < 1.29 is 28.4 Å². The van der Waals surface area contributed by atoms with E-state index in [1.807, 2.05) is 0 Å². The molecule has 3 aliphatic heterocycles. The van der Waals surface area contributed by atoms with Gasteiger partial charge in [0.1, 0.15) is 5.54 Å². The van der Waals surface area contributed by atoms with E-state index in [1.54, 1.807) is 4.31 Å². The average molecular weight is 433 g/mol. The van der Waals surface area contributed by atoms with Gasteiger partial charge in [-0.1, -0.05) is 6.42 Å². The number of aliphatic carboxylic acids is 1. The fraction of sp³-hybridized carbons (Fsp3) is 0.938. The fourth-order valence-electron chi connectivity index (χ4n) is 4.53. The first-order valence-electron chi connectivity index (χ1n) is 10.2. The first-order valence-corrected chi connectivity index (χ1v) is 11.6. The normalized spacial score (nSPS) is 29.9. The predicted octanol–water partition coefficient (Wildman–Crippen LogP) is -2.78. The first kappa shape index (κ1) is 22.9. The number of rotatable bonds is 9. The van der Waals surface area contributed by atoms with Crippen LogP contribution >= 0.6 is 0 Å². The van der Waals surface area contributed by atoms with Crippen molar-refractivity contribution in [2.45, 2.75) is 49.6 Å². The van der Waals surface area contributed by atoms with Crippen LogP contribution in [0.15, 0.2) is 0 Å². The monoisotopic (exact) mass is 433 g/mol. The minimum absolute atomic E-state index is 0.0221. The zero-order chi connectivity index (χ0) is 21.2. The van der Waals surface area contributed by atoms with Gasteiger partial charge in [0.05, 0.1) is 6.04 Å². The summed E-state index contributed by atoms with van der Waals surface area (Å²) in [4.78, 5) is 11.9. The largest absolute Gasteiger partial charge is 0.480 e. The predicted molar refractivity (Wildman–Crippen MR) is 107 cm³/mol. The molecule has 3 heterocycles. The molecule has 29 heavy (non-hydrogen) atoms. The van der Waals surface area contributed by atoms with Crippen LogP contribution in [0, 0.1) is 5.92 Å². The summed E-state index contributed by atoms with van der Waals surface area (Å²) in [6.45, 7) is 2.41. The molecule has 3 rings (SSSR count). The van der Waals surface area contributed by atoms with Crippen LogP contribution in [-0.4, -0.2) is 102 Å². The molecule has 2 atom stereocenters. The maximum absolute atomic E-state index is 13.6. The van der Waals surface area contributed by atoms with Crippen LogP contribution in [0.4, 0.5) is 0 Å². The molecular formula is C16H32BN5O6S. The molecule has 7 N–H and O–H groups in total. The molecule has 0 bridgehead atoms. The van der Waals surface area contributed by atoms with E-state index in [0.29, 0.717) is 38.8 Å². The summed E-state index contributed by atoms with van der Waals surface area (Å²) in [5, 5.41) is 34.2. The molecule has 0 aromatic rings. The summed E-state index contributed by atoms with van der Waals surface area (Å²) < 4.78 is 30.0. The molecule has 0 aromatic carbocycles. The van der Waals surface area contributed by atoms with E-state index in [-0.39, 0.29) is 31.5 Å². The number of nitrogens with zero attached hydrogens (tertiary/aromatic N) is 2. The van der Waals surface area contributed by atoms with Gasteiger partial charge in [-0.2, -0.15) is 17.0 Å². The molecule has 0 spiro atoms. The molecule has 0 aliphatic carbocycles. The maximum Gasteiger partial charge on any atom is 0.451 e. The Morgan fingerprint density at radius 1 is 1.21 bits per heavy atom. The molecule has 3 fully saturated rings.